The maximum atomic E-state index is 13.6. The van der Waals surface area contributed by atoms with E-state index in [1.807, 2.05) is 0 Å². The van der Waals surface area contributed by atoms with E-state index >= 15 is 0 Å². The molecule has 0 radical (unpaired) electrons. The van der Waals surface area contributed by atoms with Crippen LogP contribution in [0.3, 0.4) is 0 Å². The van der Waals surface area contributed by atoms with E-state index in [1.165, 1.54) is 24.3 Å². The maximum Gasteiger partial charge on any atom is 0.321 e. The Balaban J connectivity index is 1.40. The smallest absolute Gasteiger partial charge is 0.321 e. The number of hydrogen-bond donors (Lipinski definition) is 3. The van der Waals surface area contributed by atoms with Crippen LogP contribution in [0.2, 0.25) is 0 Å². The summed E-state index contributed by atoms with van der Waals surface area (Å²) in [5, 5.41) is 7.28. The van der Waals surface area contributed by atoms with Gasteiger partial charge in [0.05, 0.1) is 5.69 Å². The highest BCUT2D eigenvalue weighted by atomic mass is 19.1. The van der Waals surface area contributed by atoms with Gasteiger partial charge in [-0.05, 0) is 55.2 Å². The fourth-order valence-electron chi connectivity index (χ4n) is 3.16. The fourth-order valence-corrected chi connectivity index (χ4v) is 3.16. The molecule has 3 N–H and O–H groups in total. The lowest BCUT2D eigenvalue weighted by Crippen LogP contribution is -2.44. The van der Waals surface area contributed by atoms with Crippen molar-refractivity contribution in [3.8, 4) is 0 Å². The number of piperidine rings is 1. The number of urea groups is 1. The molecule has 7 nitrogen and oxygen atoms in total. The predicted octanol–water partition coefficient (Wildman–Crippen LogP) is 3.10. The lowest BCUT2D eigenvalue weighted by molar-refractivity contribution is -0.136. The summed E-state index contributed by atoms with van der Waals surface area (Å²) in [5.41, 5.74) is 0.200. The summed E-state index contributed by atoms with van der Waals surface area (Å²) in [5.74, 6) is -4.08. The summed E-state index contributed by atoms with van der Waals surface area (Å²) < 4.78 is 39.4. The monoisotopic (exact) mass is 434 g/mol. The molecule has 0 aliphatic carbocycles. The molecule has 0 saturated carbocycles. The second-order valence-corrected chi connectivity index (χ2v) is 7.16. The SMILES string of the molecule is O=C(NCC1CCN(C(=O)Nc2ccc(F)cc2)CC1)C(=O)Nc1ccc(F)cc1F. The van der Waals surface area contributed by atoms with E-state index in [0.29, 0.717) is 37.7 Å². The second kappa shape index (κ2) is 9.96. The number of hydrogen-bond acceptors (Lipinski definition) is 3. The van der Waals surface area contributed by atoms with Crippen LogP contribution in [0.15, 0.2) is 42.5 Å². The number of benzene rings is 2. The molecule has 0 unspecified atom stereocenters. The zero-order chi connectivity index (χ0) is 22.4. The standard InChI is InChI=1S/C21H21F3N4O3/c22-14-1-4-16(5-2-14)26-21(31)28-9-7-13(8-10-28)12-25-19(29)20(30)27-18-6-3-15(23)11-17(18)24/h1-6,11,13H,7-10,12H2,(H,25,29)(H,26,31)(H,27,30). The molecule has 1 fully saturated rings. The van der Waals surface area contributed by atoms with Crippen LogP contribution >= 0.6 is 0 Å². The molecule has 164 valence electrons. The second-order valence-electron chi connectivity index (χ2n) is 7.16. The molecule has 1 heterocycles. The Morgan fingerprint density at radius 3 is 2.16 bits per heavy atom. The van der Waals surface area contributed by atoms with Gasteiger partial charge >= 0.3 is 17.8 Å². The van der Waals surface area contributed by atoms with Crippen LogP contribution in [0, 0.1) is 23.4 Å². The quantitative estimate of drug-likeness (QED) is 0.646. The number of carbonyl (C=O) groups excluding carboxylic acids is 3. The van der Waals surface area contributed by atoms with Crippen LogP contribution in [-0.4, -0.2) is 42.4 Å². The van der Waals surface area contributed by atoms with Crippen LogP contribution in [0.4, 0.5) is 29.3 Å². The molecule has 1 aliphatic rings. The predicted molar refractivity (Wildman–Crippen MR) is 108 cm³/mol. The minimum absolute atomic E-state index is 0.0641. The molecular weight excluding hydrogens is 413 g/mol. The third kappa shape index (κ3) is 6.21. The fraction of sp³-hybridized carbons (Fsp3) is 0.286. The number of anilines is 2. The Labute approximate surface area is 176 Å². The van der Waals surface area contributed by atoms with Gasteiger partial charge < -0.3 is 20.9 Å². The zero-order valence-corrected chi connectivity index (χ0v) is 16.5. The topological polar surface area (TPSA) is 90.5 Å². The molecule has 0 atom stereocenters. The van der Waals surface area contributed by atoms with E-state index in [4.69, 9.17) is 0 Å². The van der Waals surface area contributed by atoms with Crippen LogP contribution in [-0.2, 0) is 9.59 Å². The molecule has 2 aromatic rings. The van der Waals surface area contributed by atoms with E-state index in [-0.39, 0.29) is 24.2 Å². The van der Waals surface area contributed by atoms with Gasteiger partial charge in [0.25, 0.3) is 0 Å². The van der Waals surface area contributed by atoms with Crippen molar-refractivity contribution < 1.29 is 27.6 Å². The molecule has 2 aromatic carbocycles. The number of nitrogens with one attached hydrogen (secondary N) is 3. The van der Waals surface area contributed by atoms with E-state index in [2.05, 4.69) is 16.0 Å². The largest absolute Gasteiger partial charge is 0.348 e. The van der Waals surface area contributed by atoms with Crippen molar-refractivity contribution in [2.75, 3.05) is 30.3 Å². The first-order valence-electron chi connectivity index (χ1n) is 9.67. The van der Waals surface area contributed by atoms with Gasteiger partial charge in [0.2, 0.25) is 0 Å². The molecule has 0 spiro atoms. The highest BCUT2D eigenvalue weighted by Gasteiger charge is 2.24. The summed E-state index contributed by atoms with van der Waals surface area (Å²) in [4.78, 5) is 37.7. The number of carbonyl (C=O) groups is 3. The van der Waals surface area contributed by atoms with E-state index in [0.717, 1.165) is 12.1 Å². The lowest BCUT2D eigenvalue weighted by atomic mass is 9.97. The van der Waals surface area contributed by atoms with Gasteiger partial charge in [0.1, 0.15) is 17.5 Å². The van der Waals surface area contributed by atoms with Gasteiger partial charge in [0, 0.05) is 31.4 Å². The van der Waals surface area contributed by atoms with Crippen molar-refractivity contribution in [2.24, 2.45) is 5.92 Å². The Morgan fingerprint density at radius 1 is 0.871 bits per heavy atom. The number of amides is 4. The molecule has 0 aromatic heterocycles. The van der Waals surface area contributed by atoms with Crippen LogP contribution in [0.1, 0.15) is 12.8 Å². The van der Waals surface area contributed by atoms with Gasteiger partial charge in [-0.2, -0.15) is 0 Å². The van der Waals surface area contributed by atoms with E-state index < -0.39 is 29.3 Å². The molecule has 3 rings (SSSR count). The first-order valence-corrected chi connectivity index (χ1v) is 9.67. The zero-order valence-electron chi connectivity index (χ0n) is 16.5. The Morgan fingerprint density at radius 2 is 1.52 bits per heavy atom. The normalized spacial score (nSPS) is 14.1. The van der Waals surface area contributed by atoms with E-state index in [9.17, 15) is 27.6 Å². The molecule has 1 saturated heterocycles. The first-order chi connectivity index (χ1) is 14.8. The summed E-state index contributed by atoms with van der Waals surface area (Å²) in [7, 11) is 0. The van der Waals surface area contributed by atoms with Gasteiger partial charge in [-0.3, -0.25) is 9.59 Å². The van der Waals surface area contributed by atoms with Gasteiger partial charge in [-0.15, -0.1) is 0 Å². The van der Waals surface area contributed by atoms with Crippen molar-refractivity contribution in [1.82, 2.24) is 10.2 Å². The Kier molecular flexibility index (Phi) is 7.11. The van der Waals surface area contributed by atoms with Crippen molar-refractivity contribution >= 4 is 29.2 Å². The summed E-state index contributed by atoms with van der Waals surface area (Å²) in [6, 6.07) is 7.76. The van der Waals surface area contributed by atoms with Crippen molar-refractivity contribution in [3.05, 3.63) is 59.9 Å². The molecule has 10 heteroatoms. The Bertz CT molecular complexity index is 961. The molecule has 1 aliphatic heterocycles. The first kappa shape index (κ1) is 22.1. The molecule has 0 bridgehead atoms. The minimum Gasteiger partial charge on any atom is -0.348 e. The third-order valence-electron chi connectivity index (χ3n) is 4.93. The van der Waals surface area contributed by atoms with E-state index in [1.54, 1.807) is 4.90 Å². The highest BCUT2D eigenvalue weighted by Crippen LogP contribution is 2.18. The molecular formula is C21H21F3N4O3. The summed E-state index contributed by atoms with van der Waals surface area (Å²) in [6.07, 6.45) is 1.23. The van der Waals surface area contributed by atoms with Crippen molar-refractivity contribution in [3.63, 3.8) is 0 Å². The van der Waals surface area contributed by atoms with Crippen LogP contribution < -0.4 is 16.0 Å². The van der Waals surface area contributed by atoms with Crippen LogP contribution in [0.5, 0.6) is 0 Å². The Hall–Kier alpha value is -3.56. The third-order valence-corrected chi connectivity index (χ3v) is 4.93. The number of nitrogens with zero attached hydrogens (tertiary/aromatic N) is 1. The van der Waals surface area contributed by atoms with Crippen molar-refractivity contribution in [1.29, 1.82) is 0 Å². The number of halogens is 3. The summed E-state index contributed by atoms with van der Waals surface area (Å²) in [6.45, 7) is 1.15. The van der Waals surface area contributed by atoms with Gasteiger partial charge in [0.15, 0.2) is 0 Å². The average molecular weight is 434 g/mol. The van der Waals surface area contributed by atoms with Crippen LogP contribution in [0.25, 0.3) is 0 Å². The lowest BCUT2D eigenvalue weighted by Gasteiger charge is -2.32. The average Bonchev–Trinajstić information content (AvgIpc) is 2.75. The maximum absolute atomic E-state index is 13.6. The summed E-state index contributed by atoms with van der Waals surface area (Å²) >= 11 is 0. The number of rotatable bonds is 4. The number of likely N-dealkylation sites (tertiary alicyclic amines) is 1. The van der Waals surface area contributed by atoms with Gasteiger partial charge in [-0.25, -0.2) is 18.0 Å². The molecule has 4 amide bonds. The highest BCUT2D eigenvalue weighted by molar-refractivity contribution is 6.39. The van der Waals surface area contributed by atoms with Gasteiger partial charge in [-0.1, -0.05) is 0 Å². The molecule has 31 heavy (non-hydrogen) atoms. The van der Waals surface area contributed by atoms with Crippen molar-refractivity contribution in [2.45, 2.75) is 12.8 Å². The minimum atomic E-state index is -1.05.